The third kappa shape index (κ3) is 3.54. The van der Waals surface area contributed by atoms with Crippen LogP contribution in [0.1, 0.15) is 43.4 Å². The molecule has 0 spiro atoms. The lowest BCUT2D eigenvalue weighted by Gasteiger charge is -2.20. The summed E-state index contributed by atoms with van der Waals surface area (Å²) in [6.45, 7) is 7.40. The van der Waals surface area contributed by atoms with Crippen molar-refractivity contribution in [3.05, 3.63) is 71.4 Å². The molecule has 0 aliphatic rings. The molecule has 0 amide bonds. The van der Waals surface area contributed by atoms with Crippen LogP contribution in [0.5, 0.6) is 0 Å². The lowest BCUT2D eigenvalue weighted by Crippen LogP contribution is -2.18. The topological polar surface area (TPSA) is 25.0 Å². The van der Waals surface area contributed by atoms with Crippen LogP contribution >= 0.6 is 0 Å². The molecule has 126 valence electrons. The Morgan fingerprint density at radius 2 is 1.79 bits per heavy atom. The first-order valence-electron chi connectivity index (χ1n) is 8.95. The number of H-pyrrole nitrogens is 1. The summed E-state index contributed by atoms with van der Waals surface area (Å²) in [5, 5.41) is 1.33. The number of fused-ring (bicyclic) bond motifs is 1. The van der Waals surface area contributed by atoms with Gasteiger partial charge in [-0.2, -0.15) is 0 Å². The van der Waals surface area contributed by atoms with Crippen LogP contribution < -0.4 is 0 Å². The normalized spacial score (nSPS) is 14.0. The highest BCUT2D eigenvalue weighted by molar-refractivity contribution is 5.86. The van der Waals surface area contributed by atoms with Gasteiger partial charge >= 0.3 is 0 Å². The third-order valence-electron chi connectivity index (χ3n) is 5.02. The Labute approximate surface area is 144 Å². The van der Waals surface area contributed by atoms with E-state index in [0.29, 0.717) is 5.92 Å². The van der Waals surface area contributed by atoms with E-state index < -0.39 is 0 Å². The molecule has 0 aliphatic heterocycles. The Balaban J connectivity index is 1.66. The maximum Gasteiger partial charge on any atom is 0.0613 e. The van der Waals surface area contributed by atoms with Crippen LogP contribution in [0.2, 0.25) is 0 Å². The first-order chi connectivity index (χ1) is 11.7. The highest BCUT2D eigenvalue weighted by atomic mass is 16.5. The number of hydrogen-bond acceptors (Lipinski definition) is 1. The number of nitrogens with one attached hydrogen (secondary N) is 1. The fraction of sp³-hybridized carbons (Fsp3) is 0.364. The van der Waals surface area contributed by atoms with E-state index in [9.17, 15) is 0 Å². The molecule has 2 aromatic carbocycles. The van der Waals surface area contributed by atoms with Crippen molar-refractivity contribution in [1.29, 1.82) is 0 Å². The van der Waals surface area contributed by atoms with Crippen LogP contribution in [0.25, 0.3) is 10.9 Å². The van der Waals surface area contributed by atoms with Gasteiger partial charge < -0.3 is 9.72 Å². The highest BCUT2D eigenvalue weighted by Crippen LogP contribution is 2.30. The van der Waals surface area contributed by atoms with Crippen molar-refractivity contribution in [2.75, 3.05) is 6.61 Å². The van der Waals surface area contributed by atoms with Crippen molar-refractivity contribution in [3.8, 4) is 0 Å². The molecular formula is C22H27NO. The molecule has 1 aromatic heterocycles. The Kier molecular flexibility index (Phi) is 5.37. The summed E-state index contributed by atoms with van der Waals surface area (Å²) < 4.78 is 6.12. The minimum Gasteiger partial charge on any atom is -0.378 e. The van der Waals surface area contributed by atoms with Gasteiger partial charge in [-0.05, 0) is 36.5 Å². The molecule has 2 heteroatoms. The Morgan fingerprint density at radius 3 is 2.54 bits per heavy atom. The molecule has 1 N–H and O–H groups in total. The van der Waals surface area contributed by atoms with Crippen LogP contribution in [-0.2, 0) is 17.6 Å². The fourth-order valence-corrected chi connectivity index (χ4v) is 3.31. The number of benzene rings is 2. The number of hydrogen-bond donors (Lipinski definition) is 1. The Morgan fingerprint density at radius 1 is 1.00 bits per heavy atom. The van der Waals surface area contributed by atoms with Crippen molar-refractivity contribution in [2.24, 2.45) is 0 Å². The molecule has 24 heavy (non-hydrogen) atoms. The summed E-state index contributed by atoms with van der Waals surface area (Å²) in [6.07, 6.45) is 4.37. The average Bonchev–Trinajstić information content (AvgIpc) is 3.06. The van der Waals surface area contributed by atoms with Gasteiger partial charge in [0, 0.05) is 23.0 Å². The fourth-order valence-electron chi connectivity index (χ4n) is 3.31. The predicted molar refractivity (Wildman–Crippen MR) is 102 cm³/mol. The summed E-state index contributed by atoms with van der Waals surface area (Å²) in [5.74, 6) is 0.363. The number of rotatable bonds is 7. The quantitative estimate of drug-likeness (QED) is 0.612. The van der Waals surface area contributed by atoms with E-state index >= 15 is 0 Å². The SMILES string of the molecule is CCc1cccc2c(C(C)C(C)OCCc3ccccc3)c[nH]c12. The van der Waals surface area contributed by atoms with Crippen molar-refractivity contribution < 1.29 is 4.74 Å². The molecule has 2 nitrogen and oxygen atoms in total. The predicted octanol–water partition coefficient (Wildman–Crippen LogP) is 5.48. The van der Waals surface area contributed by atoms with Crippen molar-refractivity contribution in [3.63, 3.8) is 0 Å². The van der Waals surface area contributed by atoms with Crippen LogP contribution in [0, 0.1) is 0 Å². The zero-order chi connectivity index (χ0) is 16.9. The summed E-state index contributed by atoms with van der Waals surface area (Å²) in [6, 6.07) is 17.1. The number of para-hydroxylation sites is 1. The second-order valence-electron chi connectivity index (χ2n) is 6.54. The minimum atomic E-state index is 0.193. The molecule has 0 radical (unpaired) electrons. The average molecular weight is 321 g/mol. The van der Waals surface area contributed by atoms with E-state index in [1.807, 2.05) is 0 Å². The van der Waals surface area contributed by atoms with E-state index in [4.69, 9.17) is 4.74 Å². The second-order valence-corrected chi connectivity index (χ2v) is 6.54. The molecular weight excluding hydrogens is 294 g/mol. The lowest BCUT2D eigenvalue weighted by molar-refractivity contribution is 0.0531. The van der Waals surface area contributed by atoms with Gasteiger partial charge in [-0.1, -0.05) is 62.4 Å². The Bertz CT molecular complexity index is 775. The molecule has 1 heterocycles. The van der Waals surface area contributed by atoms with Gasteiger partial charge in [0.2, 0.25) is 0 Å². The third-order valence-corrected chi connectivity index (χ3v) is 5.02. The number of aryl methyl sites for hydroxylation is 1. The summed E-state index contributed by atoms with van der Waals surface area (Å²) >= 11 is 0. The van der Waals surface area contributed by atoms with E-state index in [0.717, 1.165) is 19.4 Å². The number of aromatic nitrogens is 1. The van der Waals surface area contributed by atoms with Gasteiger partial charge in [-0.3, -0.25) is 0 Å². The van der Waals surface area contributed by atoms with Crippen molar-refractivity contribution in [1.82, 2.24) is 4.98 Å². The number of ether oxygens (including phenoxy) is 1. The van der Waals surface area contributed by atoms with Gasteiger partial charge in [-0.25, -0.2) is 0 Å². The molecule has 0 saturated heterocycles. The maximum atomic E-state index is 6.12. The summed E-state index contributed by atoms with van der Waals surface area (Å²) in [4.78, 5) is 3.47. The molecule has 0 fully saturated rings. The minimum absolute atomic E-state index is 0.193. The van der Waals surface area contributed by atoms with E-state index in [1.54, 1.807) is 0 Å². The maximum absolute atomic E-state index is 6.12. The largest absolute Gasteiger partial charge is 0.378 e. The van der Waals surface area contributed by atoms with Gasteiger partial charge in [0.1, 0.15) is 0 Å². The molecule has 0 bridgehead atoms. The van der Waals surface area contributed by atoms with Crippen LogP contribution in [0.3, 0.4) is 0 Å². The van der Waals surface area contributed by atoms with Gasteiger partial charge in [0.25, 0.3) is 0 Å². The van der Waals surface area contributed by atoms with Crippen LogP contribution in [0.15, 0.2) is 54.7 Å². The molecule has 0 aliphatic carbocycles. The molecule has 3 rings (SSSR count). The van der Waals surface area contributed by atoms with Crippen molar-refractivity contribution >= 4 is 10.9 Å². The van der Waals surface area contributed by atoms with Crippen LogP contribution in [-0.4, -0.2) is 17.7 Å². The second kappa shape index (κ2) is 7.67. The molecule has 0 saturated carbocycles. The van der Waals surface area contributed by atoms with E-state index in [-0.39, 0.29) is 6.10 Å². The first kappa shape index (κ1) is 16.8. The smallest absolute Gasteiger partial charge is 0.0613 e. The zero-order valence-electron chi connectivity index (χ0n) is 14.9. The zero-order valence-corrected chi connectivity index (χ0v) is 14.9. The highest BCUT2D eigenvalue weighted by Gasteiger charge is 2.19. The van der Waals surface area contributed by atoms with Crippen LogP contribution in [0.4, 0.5) is 0 Å². The molecule has 2 atom stereocenters. The van der Waals surface area contributed by atoms with Gasteiger partial charge in [0.05, 0.1) is 12.7 Å². The van der Waals surface area contributed by atoms with E-state index in [2.05, 4.69) is 80.5 Å². The van der Waals surface area contributed by atoms with E-state index in [1.165, 1.54) is 27.6 Å². The lowest BCUT2D eigenvalue weighted by atomic mass is 9.95. The monoisotopic (exact) mass is 321 g/mol. The van der Waals surface area contributed by atoms with Gasteiger partial charge in [0.15, 0.2) is 0 Å². The number of aromatic amines is 1. The standard InChI is InChI=1S/C22H27NO/c1-4-19-11-8-12-20-21(15-23-22(19)20)16(2)17(3)24-14-13-18-9-6-5-7-10-18/h5-12,15-17,23H,4,13-14H2,1-3H3. The first-order valence-corrected chi connectivity index (χ1v) is 8.95. The summed E-state index contributed by atoms with van der Waals surface area (Å²) in [7, 11) is 0. The van der Waals surface area contributed by atoms with Crippen molar-refractivity contribution in [2.45, 2.75) is 45.6 Å². The molecule has 2 unspecified atom stereocenters. The molecule has 3 aromatic rings. The van der Waals surface area contributed by atoms with Gasteiger partial charge in [-0.15, -0.1) is 0 Å². The summed E-state index contributed by atoms with van der Waals surface area (Å²) in [5.41, 5.74) is 5.34. The Hall–Kier alpha value is -2.06.